The van der Waals surface area contributed by atoms with Crippen LogP contribution in [0.2, 0.25) is 0 Å². The van der Waals surface area contributed by atoms with Gasteiger partial charge in [0.15, 0.2) is 5.82 Å². The molecule has 2 heterocycles. The molecule has 0 spiro atoms. The molecule has 0 aliphatic heterocycles. The van der Waals surface area contributed by atoms with E-state index in [1.165, 1.54) is 38.0 Å². The molecule has 0 aliphatic carbocycles. The minimum atomic E-state index is -4.41. The first kappa shape index (κ1) is 20.3. The van der Waals surface area contributed by atoms with Gasteiger partial charge in [-0.1, -0.05) is 12.1 Å². The Bertz CT molecular complexity index is 1020. The van der Waals surface area contributed by atoms with Crippen molar-refractivity contribution in [2.75, 3.05) is 12.4 Å². The zero-order valence-electron chi connectivity index (χ0n) is 15.3. The molecule has 0 saturated heterocycles. The molecule has 3 aromatic rings. The second-order valence-corrected chi connectivity index (χ2v) is 6.11. The van der Waals surface area contributed by atoms with E-state index in [4.69, 9.17) is 4.74 Å². The van der Waals surface area contributed by atoms with Crippen LogP contribution in [0.4, 0.5) is 19.0 Å². The highest BCUT2D eigenvalue weighted by Gasteiger charge is 2.30. The summed E-state index contributed by atoms with van der Waals surface area (Å²) < 4.78 is 45.1. The number of halogens is 3. The van der Waals surface area contributed by atoms with Gasteiger partial charge in [-0.25, -0.2) is 4.98 Å². The van der Waals surface area contributed by atoms with Crippen molar-refractivity contribution in [3.63, 3.8) is 0 Å². The highest BCUT2D eigenvalue weighted by Crippen LogP contribution is 2.29. The number of alkyl halides is 3. The lowest BCUT2D eigenvalue weighted by Crippen LogP contribution is -2.13. The van der Waals surface area contributed by atoms with E-state index in [1.54, 1.807) is 10.6 Å². The van der Waals surface area contributed by atoms with E-state index in [2.05, 4.69) is 15.3 Å². The Morgan fingerprint density at radius 1 is 1.28 bits per heavy atom. The summed E-state index contributed by atoms with van der Waals surface area (Å²) in [4.78, 5) is 20.4. The fourth-order valence-corrected chi connectivity index (χ4v) is 2.65. The Morgan fingerprint density at radius 2 is 2.07 bits per heavy atom. The Morgan fingerprint density at radius 3 is 2.76 bits per heavy atom. The van der Waals surface area contributed by atoms with Crippen LogP contribution in [0.1, 0.15) is 27.2 Å². The van der Waals surface area contributed by atoms with Gasteiger partial charge in [-0.2, -0.15) is 13.2 Å². The number of hydrogen-bond donors (Lipinski definition) is 2. The number of nitrogens with zero attached hydrogens (tertiary/aromatic N) is 3. The normalized spacial score (nSPS) is 11.3. The van der Waals surface area contributed by atoms with Gasteiger partial charge >= 0.3 is 6.18 Å². The van der Waals surface area contributed by atoms with Crippen molar-refractivity contribution in [2.45, 2.75) is 19.3 Å². The molecule has 152 valence electrons. The maximum absolute atomic E-state index is 12.8. The number of benzene rings is 1. The molecule has 29 heavy (non-hydrogen) atoms. The molecular formula is C19H17F3N4O3. The van der Waals surface area contributed by atoms with Crippen molar-refractivity contribution in [2.24, 2.45) is 0 Å². The second-order valence-electron chi connectivity index (χ2n) is 6.11. The van der Waals surface area contributed by atoms with E-state index >= 15 is 0 Å². The van der Waals surface area contributed by atoms with E-state index in [0.29, 0.717) is 11.3 Å². The van der Waals surface area contributed by atoms with Gasteiger partial charge < -0.3 is 19.7 Å². The van der Waals surface area contributed by atoms with E-state index in [-0.39, 0.29) is 30.3 Å². The molecule has 0 aliphatic rings. The Hall–Kier alpha value is -3.40. The fraction of sp³-hybridized carbons (Fsp3) is 0.211. The van der Waals surface area contributed by atoms with Gasteiger partial charge in [0.2, 0.25) is 0 Å². The number of rotatable bonds is 6. The van der Waals surface area contributed by atoms with Gasteiger partial charge in [-0.05, 0) is 23.8 Å². The Labute approximate surface area is 163 Å². The van der Waals surface area contributed by atoms with E-state index in [9.17, 15) is 23.1 Å². The molecule has 0 fully saturated rings. The smallest absolute Gasteiger partial charge is 0.416 e. The van der Waals surface area contributed by atoms with Crippen LogP contribution in [0.25, 0.3) is 0 Å². The molecule has 0 saturated carbocycles. The maximum atomic E-state index is 12.8. The van der Waals surface area contributed by atoms with Gasteiger partial charge in [-0.3, -0.25) is 9.78 Å². The topological polar surface area (TPSA) is 89.3 Å². The monoisotopic (exact) mass is 406 g/mol. The number of anilines is 1. The number of ether oxygens (including phenoxy) is 1. The summed E-state index contributed by atoms with van der Waals surface area (Å²) in [5.41, 5.74) is 0.223. The largest absolute Gasteiger partial charge is 0.495 e. The van der Waals surface area contributed by atoms with Crippen LogP contribution in [-0.4, -0.2) is 32.7 Å². The molecule has 1 amide bonds. The molecule has 2 aromatic heterocycles. The summed E-state index contributed by atoms with van der Waals surface area (Å²) in [7, 11) is 1.40. The Kier molecular flexibility index (Phi) is 5.83. The van der Waals surface area contributed by atoms with Crippen molar-refractivity contribution in [3.05, 3.63) is 71.4 Å². The SMILES string of the molecule is COc1cc(C(=O)Nc2cn(Cc3cccc(C(F)(F)F)c3)cn2)cnc1CO. The maximum Gasteiger partial charge on any atom is 0.416 e. The van der Waals surface area contributed by atoms with Gasteiger partial charge in [0.05, 0.1) is 31.2 Å². The third-order valence-electron chi connectivity index (χ3n) is 4.06. The highest BCUT2D eigenvalue weighted by atomic mass is 19.4. The molecule has 0 bridgehead atoms. The summed E-state index contributed by atoms with van der Waals surface area (Å²) in [5, 5.41) is 11.8. The summed E-state index contributed by atoms with van der Waals surface area (Å²) in [5.74, 6) is 0.00649. The molecular weight excluding hydrogens is 389 g/mol. The molecule has 7 nitrogen and oxygen atoms in total. The number of aliphatic hydroxyl groups excluding tert-OH is 1. The van der Waals surface area contributed by atoms with E-state index < -0.39 is 17.6 Å². The van der Waals surface area contributed by atoms with Crippen LogP contribution >= 0.6 is 0 Å². The number of pyridine rings is 1. The van der Waals surface area contributed by atoms with Crippen LogP contribution in [0.15, 0.2) is 49.1 Å². The molecule has 0 atom stereocenters. The average Bonchev–Trinajstić information content (AvgIpc) is 3.13. The zero-order chi connectivity index (χ0) is 21.0. The molecule has 1 aromatic carbocycles. The first-order chi connectivity index (χ1) is 13.8. The Balaban J connectivity index is 1.70. The number of aliphatic hydroxyl groups is 1. The summed E-state index contributed by atoms with van der Waals surface area (Å²) in [6.45, 7) is -0.168. The van der Waals surface area contributed by atoms with E-state index in [1.807, 2.05) is 0 Å². The minimum Gasteiger partial charge on any atom is -0.495 e. The van der Waals surface area contributed by atoms with Gasteiger partial charge in [0.1, 0.15) is 11.4 Å². The van der Waals surface area contributed by atoms with Crippen molar-refractivity contribution >= 4 is 11.7 Å². The van der Waals surface area contributed by atoms with Crippen molar-refractivity contribution < 1.29 is 27.8 Å². The first-order valence-electron chi connectivity index (χ1n) is 8.43. The molecule has 10 heteroatoms. The van der Waals surface area contributed by atoms with Crippen molar-refractivity contribution in [1.82, 2.24) is 14.5 Å². The number of carbonyl (C=O) groups is 1. The van der Waals surface area contributed by atoms with Gasteiger partial charge in [-0.15, -0.1) is 0 Å². The quantitative estimate of drug-likeness (QED) is 0.657. The fourth-order valence-electron chi connectivity index (χ4n) is 2.65. The number of imidazole rings is 1. The predicted molar refractivity (Wildman–Crippen MR) is 97.4 cm³/mol. The van der Waals surface area contributed by atoms with Crippen LogP contribution in [0.3, 0.4) is 0 Å². The van der Waals surface area contributed by atoms with Gasteiger partial charge in [0, 0.05) is 18.9 Å². The zero-order valence-corrected chi connectivity index (χ0v) is 15.3. The third kappa shape index (κ3) is 4.91. The van der Waals surface area contributed by atoms with Crippen molar-refractivity contribution in [1.29, 1.82) is 0 Å². The lowest BCUT2D eigenvalue weighted by molar-refractivity contribution is -0.137. The highest BCUT2D eigenvalue weighted by molar-refractivity contribution is 6.03. The van der Waals surface area contributed by atoms with Crippen LogP contribution in [0, 0.1) is 0 Å². The second kappa shape index (κ2) is 8.31. The number of carbonyl (C=O) groups excluding carboxylic acids is 1. The standard InChI is InChI=1S/C19H17F3N4O3/c1-29-16-6-13(7-23-15(16)10-27)18(28)25-17-9-26(11-24-17)8-12-3-2-4-14(5-12)19(20,21)22/h2-7,9,11,27H,8,10H2,1H3,(H,25,28). The first-order valence-corrected chi connectivity index (χ1v) is 8.43. The lowest BCUT2D eigenvalue weighted by atomic mass is 10.1. The van der Waals surface area contributed by atoms with Gasteiger partial charge in [0.25, 0.3) is 5.91 Å². The van der Waals surface area contributed by atoms with E-state index in [0.717, 1.165) is 12.1 Å². The molecule has 0 unspecified atom stereocenters. The summed E-state index contributed by atoms with van der Waals surface area (Å²) in [6.07, 6.45) is -0.206. The lowest BCUT2D eigenvalue weighted by Gasteiger charge is -2.09. The van der Waals surface area contributed by atoms with Crippen LogP contribution in [-0.2, 0) is 19.3 Å². The third-order valence-corrected chi connectivity index (χ3v) is 4.06. The number of hydrogen-bond acceptors (Lipinski definition) is 5. The number of aromatic nitrogens is 3. The van der Waals surface area contributed by atoms with Crippen molar-refractivity contribution in [3.8, 4) is 5.75 Å². The summed E-state index contributed by atoms with van der Waals surface area (Å²) in [6, 6.07) is 6.43. The number of nitrogens with one attached hydrogen (secondary N) is 1. The van der Waals surface area contributed by atoms with Crippen LogP contribution < -0.4 is 10.1 Å². The minimum absolute atomic E-state index is 0.160. The average molecular weight is 406 g/mol. The predicted octanol–water partition coefficient (Wildman–Crippen LogP) is 3.10. The molecule has 2 N–H and O–H groups in total. The van der Waals surface area contributed by atoms with Crippen LogP contribution in [0.5, 0.6) is 5.75 Å². The molecule has 0 radical (unpaired) electrons. The molecule has 3 rings (SSSR count). The summed E-state index contributed by atoms with van der Waals surface area (Å²) >= 11 is 0. The number of methoxy groups -OCH3 is 1. The number of amides is 1.